The number of halogens is 1. The molecule has 0 N–H and O–H groups in total. The summed E-state index contributed by atoms with van der Waals surface area (Å²) in [4.78, 5) is 21.9. The minimum Gasteiger partial charge on any atom is -0.339 e. The maximum atomic E-state index is 12.0. The van der Waals surface area contributed by atoms with Crippen LogP contribution in [0.5, 0.6) is 0 Å². The van der Waals surface area contributed by atoms with E-state index in [0.717, 1.165) is 25.9 Å². The van der Waals surface area contributed by atoms with Crippen LogP contribution in [0.15, 0.2) is 11.4 Å². The van der Waals surface area contributed by atoms with Gasteiger partial charge in [0.15, 0.2) is 5.16 Å². The molecule has 2 heterocycles. The lowest BCUT2D eigenvalue weighted by Crippen LogP contribution is -2.28. The normalized spacial score (nSPS) is 15.5. The van der Waals surface area contributed by atoms with Crippen molar-refractivity contribution in [2.45, 2.75) is 18.0 Å². The lowest BCUT2D eigenvalue weighted by molar-refractivity contribution is 0.0792. The molecule has 6 heteroatoms. The molecule has 4 nitrogen and oxygen atoms in total. The second-order valence-corrected chi connectivity index (χ2v) is 4.69. The van der Waals surface area contributed by atoms with Crippen LogP contribution in [0.25, 0.3) is 0 Å². The monoisotopic (exact) mass is 257 g/mol. The summed E-state index contributed by atoms with van der Waals surface area (Å²) in [5.41, 5.74) is 0.404. The lowest BCUT2D eigenvalue weighted by atomic mass is 10.3. The number of nitrogens with zero attached hydrogens (tertiary/aromatic N) is 3. The van der Waals surface area contributed by atoms with E-state index >= 15 is 0 Å². The van der Waals surface area contributed by atoms with Gasteiger partial charge in [0.05, 0.1) is 5.56 Å². The highest BCUT2D eigenvalue weighted by atomic mass is 35.5. The lowest BCUT2D eigenvalue weighted by Gasteiger charge is -2.15. The standard InChI is InChI=1S/C10H12ClN3OS/c1-16-10-12-6-7(8(11)13-10)9(15)14-4-2-3-5-14/h6H,2-5H2,1H3. The molecule has 1 aromatic rings. The van der Waals surface area contributed by atoms with Gasteiger partial charge in [0, 0.05) is 19.3 Å². The minimum absolute atomic E-state index is 0.0600. The summed E-state index contributed by atoms with van der Waals surface area (Å²) >= 11 is 7.37. The molecule has 1 amide bonds. The zero-order valence-electron chi connectivity index (χ0n) is 8.94. The van der Waals surface area contributed by atoms with Crippen LogP contribution in [0.3, 0.4) is 0 Å². The molecule has 2 rings (SSSR count). The molecule has 1 aliphatic heterocycles. The van der Waals surface area contributed by atoms with Crippen LogP contribution in [0.2, 0.25) is 5.15 Å². The van der Waals surface area contributed by atoms with Crippen LogP contribution in [-0.2, 0) is 0 Å². The molecule has 0 saturated carbocycles. The van der Waals surface area contributed by atoms with E-state index in [-0.39, 0.29) is 11.1 Å². The fourth-order valence-electron chi connectivity index (χ4n) is 1.68. The SMILES string of the molecule is CSc1ncc(C(=O)N2CCCC2)c(Cl)n1. The first-order valence-corrected chi connectivity index (χ1v) is 6.68. The predicted molar refractivity (Wildman–Crippen MR) is 64.0 cm³/mol. The maximum absolute atomic E-state index is 12.0. The van der Waals surface area contributed by atoms with Crippen LogP contribution in [-0.4, -0.2) is 40.1 Å². The van der Waals surface area contributed by atoms with Gasteiger partial charge in [-0.3, -0.25) is 4.79 Å². The van der Waals surface area contributed by atoms with Gasteiger partial charge in [-0.05, 0) is 19.1 Å². The second kappa shape index (κ2) is 5.01. The number of hydrogen-bond acceptors (Lipinski definition) is 4. The Labute approximate surface area is 103 Å². The number of carbonyl (C=O) groups excluding carboxylic acids is 1. The highest BCUT2D eigenvalue weighted by Crippen LogP contribution is 2.20. The molecule has 1 aliphatic rings. The van der Waals surface area contributed by atoms with Crippen molar-refractivity contribution < 1.29 is 4.79 Å². The largest absolute Gasteiger partial charge is 0.339 e. The first-order chi connectivity index (χ1) is 7.72. The highest BCUT2D eigenvalue weighted by Gasteiger charge is 2.22. The summed E-state index contributed by atoms with van der Waals surface area (Å²) in [6.45, 7) is 1.61. The third-order valence-corrected chi connectivity index (χ3v) is 3.38. The van der Waals surface area contributed by atoms with Gasteiger partial charge in [-0.15, -0.1) is 0 Å². The summed E-state index contributed by atoms with van der Waals surface area (Å²) < 4.78 is 0. The fourth-order valence-corrected chi connectivity index (χ4v) is 2.28. The van der Waals surface area contributed by atoms with Crippen molar-refractivity contribution in [1.82, 2.24) is 14.9 Å². The van der Waals surface area contributed by atoms with Crippen molar-refractivity contribution in [3.8, 4) is 0 Å². The summed E-state index contributed by atoms with van der Waals surface area (Å²) in [7, 11) is 0. The minimum atomic E-state index is -0.0600. The number of hydrogen-bond donors (Lipinski definition) is 0. The van der Waals surface area contributed by atoms with Gasteiger partial charge >= 0.3 is 0 Å². The van der Waals surface area contributed by atoms with Crippen LogP contribution in [0.4, 0.5) is 0 Å². The van der Waals surface area contributed by atoms with Gasteiger partial charge in [-0.2, -0.15) is 0 Å². The summed E-state index contributed by atoms with van der Waals surface area (Å²) in [5.74, 6) is -0.0600. The van der Waals surface area contributed by atoms with Crippen LogP contribution in [0, 0.1) is 0 Å². The molecule has 16 heavy (non-hydrogen) atoms. The van der Waals surface area contributed by atoms with E-state index in [0.29, 0.717) is 10.7 Å². The Kier molecular flexibility index (Phi) is 3.66. The number of likely N-dealkylation sites (tertiary alicyclic amines) is 1. The van der Waals surface area contributed by atoms with Gasteiger partial charge in [-0.1, -0.05) is 23.4 Å². The molecular formula is C10H12ClN3OS. The van der Waals surface area contributed by atoms with E-state index in [9.17, 15) is 4.79 Å². The summed E-state index contributed by atoms with van der Waals surface area (Å²) in [5, 5.41) is 0.833. The van der Waals surface area contributed by atoms with Gasteiger partial charge < -0.3 is 4.90 Å². The Hall–Kier alpha value is -0.810. The Balaban J connectivity index is 2.22. The van der Waals surface area contributed by atoms with E-state index in [1.165, 1.54) is 18.0 Å². The average molecular weight is 258 g/mol. The number of carbonyl (C=O) groups is 1. The quantitative estimate of drug-likeness (QED) is 0.462. The van der Waals surface area contributed by atoms with E-state index in [1.807, 2.05) is 6.26 Å². The van der Waals surface area contributed by atoms with Crippen LogP contribution in [0.1, 0.15) is 23.2 Å². The molecule has 0 aliphatic carbocycles. The molecule has 0 radical (unpaired) electrons. The Morgan fingerprint density at radius 1 is 1.50 bits per heavy atom. The van der Waals surface area contributed by atoms with Gasteiger partial charge in [0.1, 0.15) is 5.15 Å². The zero-order valence-corrected chi connectivity index (χ0v) is 10.5. The molecule has 1 aromatic heterocycles. The van der Waals surface area contributed by atoms with Crippen molar-refractivity contribution >= 4 is 29.3 Å². The third kappa shape index (κ3) is 2.30. The summed E-state index contributed by atoms with van der Waals surface area (Å²) in [6.07, 6.45) is 5.51. The molecule has 0 aromatic carbocycles. The Morgan fingerprint density at radius 2 is 2.19 bits per heavy atom. The maximum Gasteiger partial charge on any atom is 0.258 e. The first-order valence-electron chi connectivity index (χ1n) is 5.08. The molecular weight excluding hydrogens is 246 g/mol. The molecule has 0 unspecified atom stereocenters. The van der Waals surface area contributed by atoms with Crippen molar-refractivity contribution in [1.29, 1.82) is 0 Å². The molecule has 1 saturated heterocycles. The fraction of sp³-hybridized carbons (Fsp3) is 0.500. The molecule has 86 valence electrons. The van der Waals surface area contributed by atoms with Crippen molar-refractivity contribution in [3.05, 3.63) is 16.9 Å². The van der Waals surface area contributed by atoms with Crippen LogP contribution < -0.4 is 0 Å². The Morgan fingerprint density at radius 3 is 2.75 bits per heavy atom. The van der Waals surface area contributed by atoms with E-state index < -0.39 is 0 Å². The van der Waals surface area contributed by atoms with Crippen molar-refractivity contribution in [3.63, 3.8) is 0 Å². The smallest absolute Gasteiger partial charge is 0.258 e. The molecule has 0 spiro atoms. The molecule has 0 atom stereocenters. The third-order valence-electron chi connectivity index (χ3n) is 2.53. The van der Waals surface area contributed by atoms with Crippen molar-refractivity contribution in [2.75, 3.05) is 19.3 Å². The van der Waals surface area contributed by atoms with E-state index in [4.69, 9.17) is 11.6 Å². The van der Waals surface area contributed by atoms with Gasteiger partial charge in [0.25, 0.3) is 5.91 Å². The second-order valence-electron chi connectivity index (χ2n) is 3.56. The first kappa shape index (κ1) is 11.7. The van der Waals surface area contributed by atoms with Crippen molar-refractivity contribution in [2.24, 2.45) is 0 Å². The number of thioether (sulfide) groups is 1. The highest BCUT2D eigenvalue weighted by molar-refractivity contribution is 7.98. The van der Waals surface area contributed by atoms with E-state index in [2.05, 4.69) is 9.97 Å². The molecule has 0 bridgehead atoms. The van der Waals surface area contributed by atoms with Crippen LogP contribution >= 0.6 is 23.4 Å². The number of rotatable bonds is 2. The predicted octanol–water partition coefficient (Wildman–Crippen LogP) is 2.09. The van der Waals surface area contributed by atoms with Gasteiger partial charge in [0.2, 0.25) is 0 Å². The summed E-state index contributed by atoms with van der Waals surface area (Å²) in [6, 6.07) is 0. The van der Waals surface area contributed by atoms with E-state index in [1.54, 1.807) is 4.90 Å². The number of aromatic nitrogens is 2. The Bertz CT molecular complexity index is 407. The zero-order chi connectivity index (χ0) is 11.5. The number of amides is 1. The molecule has 1 fully saturated rings. The van der Waals surface area contributed by atoms with Gasteiger partial charge in [-0.25, -0.2) is 9.97 Å². The topological polar surface area (TPSA) is 46.1 Å². The average Bonchev–Trinajstić information content (AvgIpc) is 2.81.